The summed E-state index contributed by atoms with van der Waals surface area (Å²) in [4.78, 5) is 44.2. The number of ether oxygens (including phenoxy) is 1. The minimum atomic E-state index is -0.711. The Morgan fingerprint density at radius 2 is 1.63 bits per heavy atom. The molecular weight excluding hydrogens is 532 g/mol. The van der Waals surface area contributed by atoms with Crippen molar-refractivity contribution >= 4 is 23.2 Å². The molecule has 11 heteroatoms. The van der Waals surface area contributed by atoms with Gasteiger partial charge in [-0.15, -0.1) is 0 Å². The largest absolute Gasteiger partial charge is 0.485 e. The zero-order valence-corrected chi connectivity index (χ0v) is 21.9. The van der Waals surface area contributed by atoms with Crippen LogP contribution in [0.1, 0.15) is 48.0 Å². The van der Waals surface area contributed by atoms with E-state index in [1.807, 2.05) is 0 Å². The van der Waals surface area contributed by atoms with Crippen LogP contribution in [-0.2, 0) is 19.6 Å². The summed E-state index contributed by atoms with van der Waals surface area (Å²) in [7, 11) is 0. The van der Waals surface area contributed by atoms with Gasteiger partial charge in [-0.3, -0.25) is 28.4 Å². The number of benzene rings is 2. The standard InChI is InChI=1S/C30H23F2N5O4/c1-18-27(36-11-5-10-26(28(36)34-18)41-17-22-23(31)8-4-9-24(22)32)25(38)14-19-15-33-35(16-19)12-13-37-29(39)20-6-2-3-7-21(20)30(37)40/h2-11,15-16H,12-14,17H2,1H3. The van der Waals surface area contributed by atoms with Crippen LogP contribution >= 0.6 is 0 Å². The molecule has 2 aromatic carbocycles. The molecule has 0 aliphatic carbocycles. The highest BCUT2D eigenvalue weighted by molar-refractivity contribution is 6.21. The Labute approximate surface area is 232 Å². The molecule has 1 aliphatic heterocycles. The molecule has 4 heterocycles. The van der Waals surface area contributed by atoms with Gasteiger partial charge in [0, 0.05) is 25.4 Å². The number of hydrogen-bond donors (Lipinski definition) is 0. The number of pyridine rings is 1. The normalized spacial score (nSPS) is 12.8. The molecule has 0 atom stereocenters. The topological polar surface area (TPSA) is 98.8 Å². The van der Waals surface area contributed by atoms with Gasteiger partial charge in [-0.05, 0) is 48.9 Å². The number of halogens is 2. The van der Waals surface area contributed by atoms with E-state index in [2.05, 4.69) is 10.1 Å². The summed E-state index contributed by atoms with van der Waals surface area (Å²) in [5.41, 5.74) is 2.40. The van der Waals surface area contributed by atoms with Gasteiger partial charge in [0.25, 0.3) is 11.8 Å². The Hall–Kier alpha value is -5.19. The number of nitrogens with zero attached hydrogens (tertiary/aromatic N) is 5. The predicted molar refractivity (Wildman–Crippen MR) is 143 cm³/mol. The number of fused-ring (bicyclic) bond motifs is 2. The van der Waals surface area contributed by atoms with Gasteiger partial charge in [-0.1, -0.05) is 18.2 Å². The number of aromatic nitrogens is 4. The quantitative estimate of drug-likeness (QED) is 0.197. The smallest absolute Gasteiger partial charge is 0.261 e. The monoisotopic (exact) mass is 555 g/mol. The first-order valence-electron chi connectivity index (χ1n) is 12.8. The number of hydrogen-bond acceptors (Lipinski definition) is 6. The van der Waals surface area contributed by atoms with Crippen LogP contribution in [0.3, 0.4) is 0 Å². The van der Waals surface area contributed by atoms with E-state index in [1.54, 1.807) is 71.0 Å². The predicted octanol–water partition coefficient (Wildman–Crippen LogP) is 4.42. The van der Waals surface area contributed by atoms with Crippen molar-refractivity contribution in [1.82, 2.24) is 24.1 Å². The molecule has 6 rings (SSSR count). The Morgan fingerprint density at radius 1 is 0.927 bits per heavy atom. The third kappa shape index (κ3) is 4.75. The molecular formula is C30H23F2N5O4. The van der Waals surface area contributed by atoms with Crippen LogP contribution in [0.5, 0.6) is 5.75 Å². The summed E-state index contributed by atoms with van der Waals surface area (Å²) < 4.78 is 37.0. The van der Waals surface area contributed by atoms with Gasteiger partial charge >= 0.3 is 0 Å². The van der Waals surface area contributed by atoms with Crippen molar-refractivity contribution in [3.63, 3.8) is 0 Å². The van der Waals surface area contributed by atoms with Crippen LogP contribution in [0, 0.1) is 18.6 Å². The van der Waals surface area contributed by atoms with E-state index in [1.165, 1.54) is 11.0 Å². The van der Waals surface area contributed by atoms with Crippen LogP contribution < -0.4 is 4.74 Å². The second kappa shape index (κ2) is 10.4. The molecule has 0 unspecified atom stereocenters. The Morgan fingerprint density at radius 3 is 2.34 bits per heavy atom. The first-order chi connectivity index (χ1) is 19.8. The fourth-order valence-electron chi connectivity index (χ4n) is 4.96. The zero-order valence-electron chi connectivity index (χ0n) is 21.9. The minimum absolute atomic E-state index is 0.0349. The van der Waals surface area contributed by atoms with Crippen LogP contribution in [0.2, 0.25) is 0 Å². The number of imide groups is 1. The molecule has 0 saturated carbocycles. The molecule has 1 aliphatic rings. The number of carbonyl (C=O) groups excluding carboxylic acids is 3. The molecule has 9 nitrogen and oxygen atoms in total. The fourth-order valence-corrected chi connectivity index (χ4v) is 4.96. The first-order valence-corrected chi connectivity index (χ1v) is 12.8. The van der Waals surface area contributed by atoms with Crippen molar-refractivity contribution in [1.29, 1.82) is 0 Å². The maximum absolute atomic E-state index is 14.0. The summed E-state index contributed by atoms with van der Waals surface area (Å²) in [6.45, 7) is 1.78. The Bertz CT molecular complexity index is 1790. The van der Waals surface area contributed by atoms with E-state index in [0.29, 0.717) is 33.7 Å². The van der Waals surface area contributed by atoms with Gasteiger partial charge in [0.05, 0.1) is 35.1 Å². The van der Waals surface area contributed by atoms with Gasteiger partial charge in [-0.25, -0.2) is 13.8 Å². The number of amides is 2. The highest BCUT2D eigenvalue weighted by Crippen LogP contribution is 2.25. The van der Waals surface area contributed by atoms with E-state index in [4.69, 9.17) is 4.74 Å². The SMILES string of the molecule is Cc1nc2c(OCc3c(F)cccc3F)cccn2c1C(=O)Cc1cnn(CCN2C(=O)c3ccccc3C2=O)c1. The van der Waals surface area contributed by atoms with Gasteiger partial charge in [0.15, 0.2) is 17.2 Å². The molecule has 3 aromatic heterocycles. The van der Waals surface area contributed by atoms with Crippen LogP contribution in [0.4, 0.5) is 8.78 Å². The molecule has 0 spiro atoms. The number of carbonyl (C=O) groups is 3. The van der Waals surface area contributed by atoms with Crippen LogP contribution in [0.15, 0.2) is 73.2 Å². The lowest BCUT2D eigenvalue weighted by molar-refractivity contribution is 0.0647. The highest BCUT2D eigenvalue weighted by atomic mass is 19.1. The maximum Gasteiger partial charge on any atom is 0.261 e. The number of Topliss-reactive ketones (excluding diaryl/α,β-unsaturated/α-hetero) is 1. The van der Waals surface area contributed by atoms with E-state index in [0.717, 1.165) is 12.1 Å². The highest BCUT2D eigenvalue weighted by Gasteiger charge is 2.34. The van der Waals surface area contributed by atoms with Crippen molar-refractivity contribution in [3.8, 4) is 5.75 Å². The number of imidazole rings is 1. The summed E-state index contributed by atoms with van der Waals surface area (Å²) in [5, 5.41) is 4.29. The maximum atomic E-state index is 14.0. The molecule has 0 bridgehead atoms. The minimum Gasteiger partial charge on any atom is -0.485 e. The van der Waals surface area contributed by atoms with Gasteiger partial charge in [0.2, 0.25) is 0 Å². The van der Waals surface area contributed by atoms with Crippen LogP contribution in [-0.4, -0.2) is 48.2 Å². The van der Waals surface area contributed by atoms with Crippen LogP contribution in [0.25, 0.3) is 5.65 Å². The van der Waals surface area contributed by atoms with Crippen molar-refractivity contribution in [3.05, 3.63) is 118 Å². The average molecular weight is 556 g/mol. The number of rotatable bonds is 9. The van der Waals surface area contributed by atoms with Gasteiger partial charge in [-0.2, -0.15) is 5.10 Å². The van der Waals surface area contributed by atoms with E-state index >= 15 is 0 Å². The summed E-state index contributed by atoms with van der Waals surface area (Å²) in [6.07, 6.45) is 4.97. The third-order valence-corrected chi connectivity index (χ3v) is 6.97. The molecule has 0 fully saturated rings. The van der Waals surface area contributed by atoms with Gasteiger partial charge in [0.1, 0.15) is 23.9 Å². The second-order valence-electron chi connectivity index (χ2n) is 9.62. The van der Waals surface area contributed by atoms with Crippen molar-refractivity contribution in [2.75, 3.05) is 6.54 Å². The van der Waals surface area contributed by atoms with E-state index < -0.39 is 11.6 Å². The number of ketones is 1. The lowest BCUT2D eigenvalue weighted by atomic mass is 10.1. The van der Waals surface area contributed by atoms with Crippen molar-refractivity contribution in [2.24, 2.45) is 0 Å². The summed E-state index contributed by atoms with van der Waals surface area (Å²) in [6, 6.07) is 13.6. The van der Waals surface area contributed by atoms with E-state index in [-0.39, 0.29) is 55.0 Å². The molecule has 206 valence electrons. The molecule has 41 heavy (non-hydrogen) atoms. The Kier molecular flexibility index (Phi) is 6.62. The average Bonchev–Trinajstić information content (AvgIpc) is 3.61. The Balaban J connectivity index is 1.14. The molecule has 0 N–H and O–H groups in total. The van der Waals surface area contributed by atoms with Crippen molar-refractivity contribution in [2.45, 2.75) is 26.5 Å². The lowest BCUT2D eigenvalue weighted by Crippen LogP contribution is -2.33. The summed E-state index contributed by atoms with van der Waals surface area (Å²) in [5.74, 6) is -2.03. The molecule has 2 amide bonds. The molecule has 0 radical (unpaired) electrons. The second-order valence-corrected chi connectivity index (χ2v) is 9.62. The zero-order chi connectivity index (χ0) is 28.7. The lowest BCUT2D eigenvalue weighted by Gasteiger charge is -2.13. The number of aryl methyl sites for hydroxylation is 1. The first kappa shape index (κ1) is 26.1. The van der Waals surface area contributed by atoms with Gasteiger partial charge < -0.3 is 4.74 Å². The molecule has 0 saturated heterocycles. The van der Waals surface area contributed by atoms with E-state index in [9.17, 15) is 23.2 Å². The summed E-state index contributed by atoms with van der Waals surface area (Å²) >= 11 is 0. The molecule has 5 aromatic rings. The van der Waals surface area contributed by atoms with Crippen molar-refractivity contribution < 1.29 is 27.9 Å². The fraction of sp³-hybridized carbons (Fsp3) is 0.167. The third-order valence-electron chi connectivity index (χ3n) is 6.97.